The number of sulfone groups is 1. The topological polar surface area (TPSA) is 75.4 Å². The lowest BCUT2D eigenvalue weighted by atomic mass is 10.0. The second kappa shape index (κ2) is 9.45. The maximum atomic E-state index is 11.7. The van der Waals surface area contributed by atoms with Gasteiger partial charge < -0.3 is 0 Å². The smallest absolute Gasteiger partial charge is 0.175 e. The minimum absolute atomic E-state index is 0.265. The van der Waals surface area contributed by atoms with Crippen molar-refractivity contribution >= 4 is 38.1 Å². The molecule has 3 aromatic rings. The van der Waals surface area contributed by atoms with Gasteiger partial charge in [-0.1, -0.05) is 72.4 Å². The first-order chi connectivity index (χ1) is 14.3. The van der Waals surface area contributed by atoms with Crippen LogP contribution in [0.25, 0.3) is 22.4 Å². The highest BCUT2D eigenvalue weighted by atomic mass is 32.2. The number of thioether (sulfide) groups is 1. The van der Waals surface area contributed by atoms with Crippen molar-refractivity contribution in [3.8, 4) is 34.3 Å². The zero-order valence-electron chi connectivity index (χ0n) is 16.3. The van der Waals surface area contributed by atoms with Gasteiger partial charge >= 0.3 is 0 Å². The molecule has 9 heteroatoms. The summed E-state index contributed by atoms with van der Waals surface area (Å²) < 4.78 is 25.4. The van der Waals surface area contributed by atoms with Crippen LogP contribution >= 0.6 is 24.0 Å². The van der Waals surface area contributed by atoms with Crippen molar-refractivity contribution in [2.45, 2.75) is 4.90 Å². The second-order valence-electron chi connectivity index (χ2n) is 6.37. The molecule has 0 fully saturated rings. The van der Waals surface area contributed by atoms with Gasteiger partial charge in [-0.25, -0.2) is 13.5 Å². The number of nitrogens with zero attached hydrogens (tertiary/aromatic N) is 3. The predicted molar refractivity (Wildman–Crippen MR) is 124 cm³/mol. The average molecular weight is 458 g/mol. The minimum atomic E-state index is -3.26. The first-order valence-electron chi connectivity index (χ1n) is 8.79. The fourth-order valence-electron chi connectivity index (χ4n) is 2.64. The molecule has 0 saturated carbocycles. The molecule has 2 aromatic carbocycles. The lowest BCUT2D eigenvalue weighted by molar-refractivity contribution is 0.0205. The van der Waals surface area contributed by atoms with Crippen LogP contribution in [0, 0.1) is 12.0 Å². The molecule has 1 N–H and O–H groups in total. The van der Waals surface area contributed by atoms with Crippen LogP contribution in [0.2, 0.25) is 0 Å². The molecule has 154 valence electrons. The first-order valence-corrected chi connectivity index (χ1v) is 12.1. The molecule has 0 saturated heterocycles. The van der Waals surface area contributed by atoms with Crippen molar-refractivity contribution in [1.29, 1.82) is 0 Å². The van der Waals surface area contributed by atoms with Gasteiger partial charge in [-0.3, -0.25) is 5.21 Å². The summed E-state index contributed by atoms with van der Waals surface area (Å²) >= 11 is 6.25. The highest BCUT2D eigenvalue weighted by Crippen LogP contribution is 2.31. The second-order valence-corrected chi connectivity index (χ2v) is 9.99. The molecule has 0 amide bonds. The maximum absolute atomic E-state index is 11.7. The molecule has 0 unspecified atom stereocenters. The van der Waals surface area contributed by atoms with Gasteiger partial charge in [0.05, 0.1) is 10.6 Å². The van der Waals surface area contributed by atoms with Crippen LogP contribution < -0.4 is 0 Å². The molecule has 30 heavy (non-hydrogen) atoms. The fourth-order valence-corrected chi connectivity index (χ4v) is 3.89. The highest BCUT2D eigenvalue weighted by Gasteiger charge is 2.14. The quantitative estimate of drug-likeness (QED) is 0.363. The Labute approximate surface area is 185 Å². The van der Waals surface area contributed by atoms with E-state index in [0.29, 0.717) is 10.1 Å². The molecule has 0 bridgehead atoms. The van der Waals surface area contributed by atoms with Crippen molar-refractivity contribution in [2.24, 2.45) is 0 Å². The zero-order chi connectivity index (χ0) is 21.7. The molecule has 0 aliphatic rings. The Morgan fingerprint density at radius 2 is 1.83 bits per heavy atom. The van der Waals surface area contributed by atoms with Crippen molar-refractivity contribution in [3.05, 3.63) is 60.8 Å². The molecule has 0 radical (unpaired) electrons. The van der Waals surface area contributed by atoms with Gasteiger partial charge in [0.15, 0.2) is 14.2 Å². The van der Waals surface area contributed by atoms with Crippen LogP contribution in [0.3, 0.4) is 0 Å². The molecule has 1 heterocycles. The van der Waals surface area contributed by atoms with Gasteiger partial charge in [-0.05, 0) is 17.7 Å². The van der Waals surface area contributed by atoms with Gasteiger partial charge in [0.1, 0.15) is 5.69 Å². The average Bonchev–Trinajstić information content (AvgIpc) is 3.15. The largest absolute Gasteiger partial charge is 0.287 e. The summed E-state index contributed by atoms with van der Waals surface area (Å²) in [5.41, 5.74) is 3.36. The molecule has 3 rings (SSSR count). The minimum Gasteiger partial charge on any atom is -0.287 e. The molecule has 0 aliphatic heterocycles. The van der Waals surface area contributed by atoms with E-state index in [1.807, 2.05) is 36.5 Å². The number of hydroxylamine groups is 2. The van der Waals surface area contributed by atoms with E-state index < -0.39 is 9.84 Å². The third-order valence-electron chi connectivity index (χ3n) is 4.08. The Morgan fingerprint density at radius 3 is 2.43 bits per heavy atom. The van der Waals surface area contributed by atoms with Gasteiger partial charge in [-0.2, -0.15) is 9.78 Å². The van der Waals surface area contributed by atoms with Gasteiger partial charge in [0.25, 0.3) is 0 Å². The number of thiocarbonyl (C=S) groups is 1. The number of rotatable bonds is 4. The van der Waals surface area contributed by atoms with Crippen molar-refractivity contribution < 1.29 is 13.6 Å². The summed E-state index contributed by atoms with van der Waals surface area (Å²) in [5, 5.41) is 14.7. The van der Waals surface area contributed by atoms with Crippen LogP contribution in [-0.4, -0.2) is 51.8 Å². The Kier molecular flexibility index (Phi) is 6.95. The van der Waals surface area contributed by atoms with Gasteiger partial charge in [0, 0.05) is 36.7 Å². The van der Waals surface area contributed by atoms with Gasteiger partial charge in [0.2, 0.25) is 0 Å². The van der Waals surface area contributed by atoms with Crippen molar-refractivity contribution in [3.63, 3.8) is 0 Å². The summed E-state index contributed by atoms with van der Waals surface area (Å²) in [7, 11) is -1.80. The van der Waals surface area contributed by atoms with E-state index in [-0.39, 0.29) is 4.90 Å². The van der Waals surface area contributed by atoms with Crippen LogP contribution in [0.5, 0.6) is 0 Å². The molecule has 1 aromatic heterocycles. The Bertz CT molecular complexity index is 1210. The lowest BCUT2D eigenvalue weighted by Crippen LogP contribution is -2.17. The van der Waals surface area contributed by atoms with E-state index >= 15 is 0 Å². The number of aromatic nitrogens is 2. The number of hydrogen-bond acceptors (Lipinski definition) is 6. The maximum Gasteiger partial charge on any atom is 0.175 e. The number of benzene rings is 2. The fraction of sp³-hybridized carbons (Fsp3) is 0.143. The van der Waals surface area contributed by atoms with Crippen LogP contribution in [0.15, 0.2) is 65.7 Å². The molecule has 0 atom stereocenters. The van der Waals surface area contributed by atoms with Crippen molar-refractivity contribution in [1.82, 2.24) is 14.8 Å². The molecule has 6 nitrogen and oxygen atoms in total. The van der Waals surface area contributed by atoms with E-state index in [4.69, 9.17) is 12.2 Å². The molecular formula is C21H19N3O3S3. The summed E-state index contributed by atoms with van der Waals surface area (Å²) in [4.78, 5) is 0.265. The number of hydrogen-bond donors (Lipinski definition) is 1. The molecule has 0 spiro atoms. The predicted octanol–water partition coefficient (Wildman–Crippen LogP) is 3.77. The Balaban J connectivity index is 1.95. The summed E-state index contributed by atoms with van der Waals surface area (Å²) in [5.74, 6) is 3.37. The Morgan fingerprint density at radius 1 is 1.17 bits per heavy atom. The van der Waals surface area contributed by atoms with Crippen LogP contribution in [-0.2, 0) is 9.84 Å². The Hall–Kier alpha value is -2.64. The lowest BCUT2D eigenvalue weighted by Gasteiger charge is -2.07. The zero-order valence-corrected chi connectivity index (χ0v) is 18.8. The van der Waals surface area contributed by atoms with Crippen LogP contribution in [0.1, 0.15) is 0 Å². The van der Waals surface area contributed by atoms with E-state index in [1.165, 1.54) is 29.7 Å². The monoisotopic (exact) mass is 457 g/mol. The van der Waals surface area contributed by atoms with E-state index in [2.05, 4.69) is 17.1 Å². The van der Waals surface area contributed by atoms with E-state index in [1.54, 1.807) is 24.3 Å². The standard InChI is InChI=1S/C21H19N3O3S3/c1-23(25)21(28)29-14-6-13-24-15-19(20(22-24)17-7-4-3-5-8-17)16-9-11-18(12-10-16)30(2,26)27/h3-5,7-12,15,25H,14H2,1-2H3. The molecule has 0 aliphatic carbocycles. The summed E-state index contributed by atoms with van der Waals surface area (Å²) in [6.45, 7) is 0. The van der Waals surface area contributed by atoms with Gasteiger partial charge in [-0.15, -0.1) is 0 Å². The summed E-state index contributed by atoms with van der Waals surface area (Å²) in [6, 6.07) is 19.4. The van der Waals surface area contributed by atoms with Crippen LogP contribution in [0.4, 0.5) is 0 Å². The molecular weight excluding hydrogens is 438 g/mol. The third-order valence-corrected chi connectivity index (χ3v) is 6.63. The summed E-state index contributed by atoms with van der Waals surface area (Å²) in [6.07, 6.45) is 3.00. The third kappa shape index (κ3) is 5.49. The van der Waals surface area contributed by atoms with E-state index in [9.17, 15) is 13.6 Å². The highest BCUT2D eigenvalue weighted by molar-refractivity contribution is 8.23. The van der Waals surface area contributed by atoms with E-state index in [0.717, 1.165) is 27.4 Å². The first kappa shape index (κ1) is 22.1. The van der Waals surface area contributed by atoms with Crippen molar-refractivity contribution in [2.75, 3.05) is 19.1 Å². The normalized spacial score (nSPS) is 10.9. The SMILES string of the molecule is CN(O)C(=S)SCC#Cn1cc(-c2ccc(S(C)(=O)=O)cc2)c(-c2ccccc2)n1.